The maximum Gasteiger partial charge on any atom is 0.326 e. The van der Waals surface area contributed by atoms with E-state index in [1.807, 2.05) is 6.92 Å². The number of carboxylic acids is 1. The number of carboxylic acid groups (broad SMARTS) is 1. The quantitative estimate of drug-likeness (QED) is 0.0748. The molecule has 0 saturated carbocycles. The van der Waals surface area contributed by atoms with Crippen LogP contribution in [0.1, 0.15) is 52.4 Å². The number of aliphatic imine (C=N–C) groups is 1. The standard InChI is InChI=1S/C21H38N8O6/c1-3-11(2)16(18(32)27-13(20(34)35)10-15(23)30)28-17(31)14-7-5-9-29(14)19(33)12(22)6-4-8-26-21(24)25/h11-14,16H,3-10,22H2,1-2H3,(H2,23,30)(H,27,32)(H,28,31)(H,34,35)(H4,24,25,26). The molecule has 14 nitrogen and oxygen atoms in total. The summed E-state index contributed by atoms with van der Waals surface area (Å²) in [6.07, 6.45) is 1.71. The molecule has 1 aliphatic heterocycles. The summed E-state index contributed by atoms with van der Waals surface area (Å²) in [7, 11) is 0. The van der Waals surface area contributed by atoms with Gasteiger partial charge in [-0.05, 0) is 31.6 Å². The molecule has 0 aromatic carbocycles. The third kappa shape index (κ3) is 9.39. The maximum atomic E-state index is 13.1. The van der Waals surface area contributed by atoms with Crippen LogP contribution in [0.5, 0.6) is 0 Å². The van der Waals surface area contributed by atoms with Gasteiger partial charge in [0, 0.05) is 13.1 Å². The normalized spacial score (nSPS) is 18.6. The van der Waals surface area contributed by atoms with Crippen molar-refractivity contribution < 1.29 is 29.1 Å². The number of likely N-dealkylation sites (tertiary alicyclic amines) is 1. The molecule has 14 heteroatoms. The molecule has 0 aliphatic carbocycles. The molecule has 1 rings (SSSR count). The summed E-state index contributed by atoms with van der Waals surface area (Å²) in [4.78, 5) is 66.6. The van der Waals surface area contributed by atoms with Gasteiger partial charge >= 0.3 is 5.97 Å². The van der Waals surface area contributed by atoms with Gasteiger partial charge in [-0.3, -0.25) is 24.2 Å². The summed E-state index contributed by atoms with van der Waals surface area (Å²) in [5, 5.41) is 14.2. The molecule has 0 radical (unpaired) electrons. The average molecular weight is 499 g/mol. The van der Waals surface area contributed by atoms with Gasteiger partial charge in [0.15, 0.2) is 5.96 Å². The highest BCUT2D eigenvalue weighted by molar-refractivity contribution is 5.95. The van der Waals surface area contributed by atoms with Crippen molar-refractivity contribution in [1.29, 1.82) is 0 Å². The van der Waals surface area contributed by atoms with Gasteiger partial charge in [-0.2, -0.15) is 0 Å². The minimum atomic E-state index is -1.52. The van der Waals surface area contributed by atoms with Gasteiger partial charge in [-0.15, -0.1) is 0 Å². The van der Waals surface area contributed by atoms with Crippen LogP contribution in [0, 0.1) is 5.92 Å². The largest absolute Gasteiger partial charge is 0.480 e. The first-order chi connectivity index (χ1) is 16.4. The highest BCUT2D eigenvalue weighted by Gasteiger charge is 2.38. The number of nitrogens with two attached hydrogens (primary N) is 4. The lowest BCUT2D eigenvalue weighted by atomic mass is 9.97. The molecule has 0 bridgehead atoms. The minimum absolute atomic E-state index is 0.0506. The smallest absolute Gasteiger partial charge is 0.326 e. The third-order valence-electron chi connectivity index (χ3n) is 5.94. The van der Waals surface area contributed by atoms with Crippen molar-refractivity contribution in [2.24, 2.45) is 33.8 Å². The Kier molecular flexibility index (Phi) is 11.9. The lowest BCUT2D eigenvalue weighted by molar-refractivity contribution is -0.144. The fourth-order valence-corrected chi connectivity index (χ4v) is 3.77. The van der Waals surface area contributed by atoms with Crippen LogP contribution in [-0.4, -0.2) is 82.8 Å². The molecule has 0 aromatic heterocycles. The Bertz CT molecular complexity index is 816. The number of primary amides is 1. The van der Waals surface area contributed by atoms with Gasteiger partial charge in [0.2, 0.25) is 23.6 Å². The van der Waals surface area contributed by atoms with Crippen LogP contribution in [0.25, 0.3) is 0 Å². The monoisotopic (exact) mass is 498 g/mol. The minimum Gasteiger partial charge on any atom is -0.480 e. The number of rotatable bonds is 14. The second-order valence-electron chi connectivity index (χ2n) is 8.69. The molecular weight excluding hydrogens is 460 g/mol. The Morgan fingerprint density at radius 3 is 2.34 bits per heavy atom. The summed E-state index contributed by atoms with van der Waals surface area (Å²) in [5.41, 5.74) is 21.6. The molecule has 1 heterocycles. The van der Waals surface area contributed by atoms with Gasteiger partial charge in [0.05, 0.1) is 12.5 Å². The van der Waals surface area contributed by atoms with Crippen LogP contribution < -0.4 is 33.6 Å². The van der Waals surface area contributed by atoms with Crippen molar-refractivity contribution >= 4 is 35.6 Å². The fraction of sp³-hybridized carbons (Fsp3) is 0.714. The number of amides is 4. The molecular formula is C21H38N8O6. The van der Waals surface area contributed by atoms with E-state index in [9.17, 15) is 29.1 Å². The molecule has 1 saturated heterocycles. The fourth-order valence-electron chi connectivity index (χ4n) is 3.77. The molecule has 1 aliphatic rings. The van der Waals surface area contributed by atoms with Gasteiger partial charge in [-0.1, -0.05) is 20.3 Å². The molecule has 5 atom stereocenters. The van der Waals surface area contributed by atoms with Crippen molar-refractivity contribution in [1.82, 2.24) is 15.5 Å². The molecule has 198 valence electrons. The van der Waals surface area contributed by atoms with E-state index >= 15 is 0 Å². The van der Waals surface area contributed by atoms with E-state index in [4.69, 9.17) is 22.9 Å². The Morgan fingerprint density at radius 2 is 1.80 bits per heavy atom. The van der Waals surface area contributed by atoms with E-state index in [1.54, 1.807) is 6.92 Å². The highest BCUT2D eigenvalue weighted by atomic mass is 16.4. The number of hydrogen-bond acceptors (Lipinski definition) is 7. The predicted octanol–water partition coefficient (Wildman–Crippen LogP) is -2.67. The van der Waals surface area contributed by atoms with Crippen molar-refractivity contribution in [2.45, 2.75) is 76.5 Å². The Balaban J connectivity index is 2.87. The highest BCUT2D eigenvalue weighted by Crippen LogP contribution is 2.20. The number of nitrogens with one attached hydrogen (secondary N) is 2. The van der Waals surface area contributed by atoms with Crippen LogP contribution in [0.4, 0.5) is 0 Å². The van der Waals surface area contributed by atoms with Gasteiger partial charge in [-0.25, -0.2) is 4.79 Å². The van der Waals surface area contributed by atoms with Crippen LogP contribution >= 0.6 is 0 Å². The van der Waals surface area contributed by atoms with E-state index in [2.05, 4.69) is 15.6 Å². The molecule has 0 spiro atoms. The number of aliphatic carboxylic acids is 1. The number of guanidine groups is 1. The number of nitrogens with zero attached hydrogens (tertiary/aromatic N) is 2. The summed E-state index contributed by atoms with van der Waals surface area (Å²) in [6, 6.07) is -4.25. The van der Waals surface area contributed by atoms with E-state index in [0.717, 1.165) is 0 Å². The molecule has 35 heavy (non-hydrogen) atoms. The zero-order chi connectivity index (χ0) is 26.7. The maximum absolute atomic E-state index is 13.1. The van der Waals surface area contributed by atoms with E-state index in [1.165, 1.54) is 4.90 Å². The first kappa shape index (κ1) is 29.6. The van der Waals surface area contributed by atoms with Crippen molar-refractivity contribution in [2.75, 3.05) is 13.1 Å². The van der Waals surface area contributed by atoms with Crippen molar-refractivity contribution in [3.05, 3.63) is 0 Å². The van der Waals surface area contributed by atoms with Crippen LogP contribution in [0.15, 0.2) is 4.99 Å². The predicted molar refractivity (Wildman–Crippen MR) is 127 cm³/mol. The van der Waals surface area contributed by atoms with Gasteiger partial charge in [0.1, 0.15) is 18.1 Å². The van der Waals surface area contributed by atoms with Crippen molar-refractivity contribution in [3.8, 4) is 0 Å². The molecule has 5 unspecified atom stereocenters. The molecule has 0 aromatic rings. The summed E-state index contributed by atoms with van der Waals surface area (Å²) in [6.45, 7) is 4.20. The number of carbonyl (C=O) groups is 5. The SMILES string of the molecule is CCC(C)C(NC(=O)C1CCCN1C(=O)C(N)CCCN=C(N)N)C(=O)NC(CC(N)=O)C(=O)O. The first-order valence-electron chi connectivity index (χ1n) is 11.6. The zero-order valence-electron chi connectivity index (χ0n) is 20.2. The summed E-state index contributed by atoms with van der Waals surface area (Å²) >= 11 is 0. The van der Waals surface area contributed by atoms with Gasteiger partial charge < -0.3 is 43.6 Å². The molecule has 4 amide bonds. The third-order valence-corrected chi connectivity index (χ3v) is 5.94. The second-order valence-corrected chi connectivity index (χ2v) is 8.69. The first-order valence-corrected chi connectivity index (χ1v) is 11.6. The summed E-state index contributed by atoms with van der Waals surface area (Å²) < 4.78 is 0. The number of carbonyl (C=O) groups excluding carboxylic acids is 4. The van der Waals surface area contributed by atoms with E-state index in [0.29, 0.717) is 45.2 Å². The van der Waals surface area contributed by atoms with Crippen molar-refractivity contribution in [3.63, 3.8) is 0 Å². The summed E-state index contributed by atoms with van der Waals surface area (Å²) in [5.74, 6) is -4.40. The van der Waals surface area contributed by atoms with E-state index in [-0.39, 0.29) is 17.8 Å². The van der Waals surface area contributed by atoms with Crippen LogP contribution in [-0.2, 0) is 24.0 Å². The van der Waals surface area contributed by atoms with E-state index < -0.39 is 54.3 Å². The Morgan fingerprint density at radius 1 is 1.14 bits per heavy atom. The molecule has 1 fully saturated rings. The van der Waals surface area contributed by atoms with Crippen LogP contribution in [0.2, 0.25) is 0 Å². The Labute approximate surface area is 204 Å². The number of hydrogen-bond donors (Lipinski definition) is 7. The molecule has 11 N–H and O–H groups in total. The zero-order valence-corrected chi connectivity index (χ0v) is 20.2. The lowest BCUT2D eigenvalue weighted by Crippen LogP contribution is -2.58. The average Bonchev–Trinajstić information content (AvgIpc) is 3.27. The topological polar surface area (TPSA) is 249 Å². The van der Waals surface area contributed by atoms with Gasteiger partial charge in [0.25, 0.3) is 0 Å². The van der Waals surface area contributed by atoms with Crippen LogP contribution in [0.3, 0.4) is 0 Å². The lowest BCUT2D eigenvalue weighted by Gasteiger charge is -2.30. The second kappa shape index (κ2) is 14.1. The Hall–Kier alpha value is -3.42.